The van der Waals surface area contributed by atoms with Gasteiger partial charge in [-0.15, -0.1) is 0 Å². The van der Waals surface area contributed by atoms with E-state index < -0.39 is 11.7 Å². The zero-order chi connectivity index (χ0) is 22.5. The number of pyridine rings is 1. The van der Waals surface area contributed by atoms with Gasteiger partial charge in [0.25, 0.3) is 5.91 Å². The van der Waals surface area contributed by atoms with Crippen molar-refractivity contribution in [3.05, 3.63) is 58.4 Å². The number of methoxy groups -OCH3 is 1. The summed E-state index contributed by atoms with van der Waals surface area (Å²) in [4.78, 5) is 20.8. The number of piperazine rings is 1. The molecule has 0 radical (unpaired) electrons. The van der Waals surface area contributed by atoms with Crippen LogP contribution in [0, 0.1) is 13.8 Å². The van der Waals surface area contributed by atoms with Gasteiger partial charge in [-0.1, -0.05) is 6.07 Å². The Hall–Kier alpha value is -2.61. The zero-order valence-electron chi connectivity index (χ0n) is 18.0. The second-order valence-electron chi connectivity index (χ2n) is 8.41. The van der Waals surface area contributed by atoms with Crippen molar-refractivity contribution in [3.63, 3.8) is 0 Å². The number of hydrogen-bond acceptors (Lipinski definition) is 4. The molecule has 1 amide bonds. The second-order valence-corrected chi connectivity index (χ2v) is 8.41. The number of alkyl halides is 3. The summed E-state index contributed by atoms with van der Waals surface area (Å²) in [6.45, 7) is 7.63. The predicted octanol–water partition coefficient (Wildman–Crippen LogP) is 4.39. The van der Waals surface area contributed by atoms with E-state index >= 15 is 0 Å². The molecule has 4 rings (SSSR count). The summed E-state index contributed by atoms with van der Waals surface area (Å²) in [5, 5.41) is 0. The van der Waals surface area contributed by atoms with Gasteiger partial charge in [0.05, 0.1) is 12.7 Å². The molecule has 0 spiro atoms. The number of carbonyl (C=O) groups excluding carboxylic acids is 1. The number of benzene rings is 1. The van der Waals surface area contributed by atoms with E-state index in [2.05, 4.69) is 36.7 Å². The van der Waals surface area contributed by atoms with Gasteiger partial charge in [-0.2, -0.15) is 13.2 Å². The van der Waals surface area contributed by atoms with Crippen LogP contribution in [0.15, 0.2) is 30.5 Å². The number of nitrogens with zero attached hydrogens (tertiary/aromatic N) is 3. The highest BCUT2D eigenvalue weighted by atomic mass is 19.4. The molecule has 2 bridgehead atoms. The number of fused-ring (bicyclic) bond motifs is 2. The van der Waals surface area contributed by atoms with Gasteiger partial charge in [0.15, 0.2) is 0 Å². The molecule has 2 fully saturated rings. The molecule has 0 aliphatic carbocycles. The summed E-state index contributed by atoms with van der Waals surface area (Å²) in [6.07, 6.45) is -2.87. The lowest BCUT2D eigenvalue weighted by Crippen LogP contribution is -2.49. The van der Waals surface area contributed by atoms with Crippen LogP contribution >= 0.6 is 0 Å². The molecular formula is C23H26F3N3O2. The van der Waals surface area contributed by atoms with Crippen molar-refractivity contribution in [1.82, 2.24) is 14.8 Å². The molecule has 2 aliphatic rings. The Morgan fingerprint density at radius 2 is 1.87 bits per heavy atom. The first-order valence-electron chi connectivity index (χ1n) is 10.4. The van der Waals surface area contributed by atoms with Crippen molar-refractivity contribution < 1.29 is 22.7 Å². The second kappa shape index (κ2) is 7.82. The molecule has 1 aromatic carbocycles. The molecule has 31 heavy (non-hydrogen) atoms. The van der Waals surface area contributed by atoms with Crippen molar-refractivity contribution in [1.29, 1.82) is 0 Å². The minimum absolute atomic E-state index is 0.0451. The molecule has 0 N–H and O–H groups in total. The summed E-state index contributed by atoms with van der Waals surface area (Å²) >= 11 is 0. The molecule has 0 unspecified atom stereocenters. The molecule has 3 atom stereocenters. The van der Waals surface area contributed by atoms with Crippen LogP contribution in [0.3, 0.4) is 0 Å². The Labute approximate surface area is 179 Å². The predicted molar refractivity (Wildman–Crippen MR) is 110 cm³/mol. The van der Waals surface area contributed by atoms with E-state index in [0.29, 0.717) is 6.54 Å². The van der Waals surface area contributed by atoms with Crippen LogP contribution in [-0.4, -0.2) is 53.0 Å². The van der Waals surface area contributed by atoms with Gasteiger partial charge in [0, 0.05) is 37.4 Å². The van der Waals surface area contributed by atoms with Crippen LogP contribution in [0.5, 0.6) is 5.75 Å². The molecule has 2 aromatic rings. The Kier molecular flexibility index (Phi) is 5.45. The highest BCUT2D eigenvalue weighted by Crippen LogP contribution is 2.39. The maximum atomic E-state index is 12.9. The number of amides is 1. The fourth-order valence-electron chi connectivity index (χ4n) is 4.93. The van der Waals surface area contributed by atoms with Crippen molar-refractivity contribution in [2.75, 3.05) is 20.2 Å². The van der Waals surface area contributed by atoms with E-state index in [1.807, 2.05) is 6.07 Å². The first-order valence-corrected chi connectivity index (χ1v) is 10.4. The Bertz CT molecular complexity index is 991. The van der Waals surface area contributed by atoms with Crippen LogP contribution < -0.4 is 4.74 Å². The van der Waals surface area contributed by atoms with E-state index in [4.69, 9.17) is 4.74 Å². The Balaban J connectivity index is 1.46. The van der Waals surface area contributed by atoms with E-state index in [1.54, 1.807) is 12.0 Å². The minimum Gasteiger partial charge on any atom is -0.496 e. The summed E-state index contributed by atoms with van der Waals surface area (Å²) in [5.74, 6) is 0.571. The summed E-state index contributed by atoms with van der Waals surface area (Å²) < 4.78 is 43.7. The van der Waals surface area contributed by atoms with Gasteiger partial charge in [-0.3, -0.25) is 14.7 Å². The fourth-order valence-corrected chi connectivity index (χ4v) is 4.93. The number of hydrogen-bond donors (Lipinski definition) is 0. The molecule has 166 valence electrons. The van der Waals surface area contributed by atoms with Crippen molar-refractivity contribution in [2.45, 2.75) is 51.5 Å². The van der Waals surface area contributed by atoms with Crippen LogP contribution in [0.1, 0.15) is 52.1 Å². The fraction of sp³-hybridized carbons (Fsp3) is 0.478. The van der Waals surface area contributed by atoms with Crippen molar-refractivity contribution in [3.8, 4) is 5.75 Å². The number of aromatic nitrogens is 1. The molecule has 5 nitrogen and oxygen atoms in total. The number of ether oxygens (including phenoxy) is 1. The third-order valence-corrected chi connectivity index (χ3v) is 6.80. The molecule has 8 heteroatoms. The van der Waals surface area contributed by atoms with Crippen molar-refractivity contribution >= 4 is 5.91 Å². The number of rotatable bonds is 4. The largest absolute Gasteiger partial charge is 0.496 e. The van der Waals surface area contributed by atoms with Crippen LogP contribution in [0.2, 0.25) is 0 Å². The average molecular weight is 433 g/mol. The monoisotopic (exact) mass is 433 g/mol. The summed E-state index contributed by atoms with van der Waals surface area (Å²) in [5.41, 5.74) is 2.78. The Morgan fingerprint density at radius 1 is 1.13 bits per heavy atom. The quantitative estimate of drug-likeness (QED) is 0.718. The standard InChI is InChI=1S/C23H26F3N3O2/c1-13-14(2)21(31-4)8-6-19(13)15(3)28-11-18-9-17(28)12-29(18)22(30)20-7-5-16(10-27-20)23(24,25)26/h5-8,10,15,17-18H,9,11-12H2,1-4H3/t15-,17+,18+/m0/s1. The molecular weight excluding hydrogens is 407 g/mol. The summed E-state index contributed by atoms with van der Waals surface area (Å²) in [7, 11) is 1.67. The van der Waals surface area contributed by atoms with E-state index in [0.717, 1.165) is 36.5 Å². The highest BCUT2D eigenvalue weighted by Gasteiger charge is 2.47. The zero-order valence-corrected chi connectivity index (χ0v) is 18.0. The van der Waals surface area contributed by atoms with Crippen LogP contribution in [0.25, 0.3) is 0 Å². The molecule has 2 aliphatic heterocycles. The third-order valence-electron chi connectivity index (χ3n) is 6.80. The normalized spacial score (nSPS) is 22.1. The Morgan fingerprint density at radius 3 is 2.42 bits per heavy atom. The maximum absolute atomic E-state index is 12.9. The highest BCUT2D eigenvalue weighted by molar-refractivity contribution is 5.93. The van der Waals surface area contributed by atoms with Gasteiger partial charge < -0.3 is 9.64 Å². The van der Waals surface area contributed by atoms with E-state index in [1.165, 1.54) is 17.2 Å². The molecule has 0 saturated carbocycles. The van der Waals surface area contributed by atoms with E-state index in [-0.39, 0.29) is 29.7 Å². The van der Waals surface area contributed by atoms with Gasteiger partial charge in [-0.05, 0) is 62.1 Å². The van der Waals surface area contributed by atoms with Gasteiger partial charge in [0.1, 0.15) is 11.4 Å². The first-order chi connectivity index (χ1) is 14.6. The van der Waals surface area contributed by atoms with E-state index in [9.17, 15) is 18.0 Å². The lowest BCUT2D eigenvalue weighted by molar-refractivity contribution is -0.137. The number of likely N-dealkylation sites (tertiary alicyclic amines) is 2. The summed E-state index contributed by atoms with van der Waals surface area (Å²) in [6, 6.07) is 6.64. The number of halogens is 3. The lowest BCUT2D eigenvalue weighted by atomic mass is 9.96. The van der Waals surface area contributed by atoms with Crippen LogP contribution in [0.4, 0.5) is 13.2 Å². The van der Waals surface area contributed by atoms with Gasteiger partial charge in [-0.25, -0.2) is 0 Å². The molecule has 2 saturated heterocycles. The minimum atomic E-state index is -4.46. The van der Waals surface area contributed by atoms with Crippen molar-refractivity contribution in [2.24, 2.45) is 0 Å². The molecule has 1 aromatic heterocycles. The third kappa shape index (κ3) is 3.78. The van der Waals surface area contributed by atoms with Gasteiger partial charge in [0.2, 0.25) is 0 Å². The number of carbonyl (C=O) groups is 1. The van der Waals surface area contributed by atoms with Gasteiger partial charge >= 0.3 is 6.18 Å². The average Bonchev–Trinajstić information content (AvgIpc) is 3.35. The first kappa shape index (κ1) is 21.6. The van der Waals surface area contributed by atoms with Crippen LogP contribution in [-0.2, 0) is 6.18 Å². The lowest BCUT2D eigenvalue weighted by Gasteiger charge is -2.38. The smallest absolute Gasteiger partial charge is 0.417 e. The topological polar surface area (TPSA) is 45.7 Å². The molecule has 3 heterocycles. The SMILES string of the molecule is COc1ccc([C@H](C)N2C[C@H]3C[C@@H]2CN3C(=O)c2ccc(C(F)(F)F)cn2)c(C)c1C. The maximum Gasteiger partial charge on any atom is 0.417 e.